The van der Waals surface area contributed by atoms with E-state index in [0.717, 1.165) is 21.8 Å². The molecule has 0 spiro atoms. The molecule has 4 rings (SSSR count). The topological polar surface area (TPSA) is 69.7 Å². The first kappa shape index (κ1) is 22.6. The molecule has 0 fully saturated rings. The van der Waals surface area contributed by atoms with E-state index in [1.54, 1.807) is 17.0 Å². The van der Waals surface area contributed by atoms with Crippen molar-refractivity contribution in [1.29, 1.82) is 0 Å². The molecule has 1 N–H and O–H groups in total. The van der Waals surface area contributed by atoms with Gasteiger partial charge in [-0.1, -0.05) is 42.5 Å². The van der Waals surface area contributed by atoms with Crippen LogP contribution in [0.3, 0.4) is 0 Å². The van der Waals surface area contributed by atoms with Gasteiger partial charge in [0.25, 0.3) is 0 Å². The maximum absolute atomic E-state index is 12.8. The van der Waals surface area contributed by atoms with Crippen LogP contribution in [0, 0.1) is 0 Å². The highest BCUT2D eigenvalue weighted by molar-refractivity contribution is 8.00. The summed E-state index contributed by atoms with van der Waals surface area (Å²) < 4.78 is 0. The van der Waals surface area contributed by atoms with Gasteiger partial charge >= 0.3 is 0 Å². The van der Waals surface area contributed by atoms with Crippen molar-refractivity contribution in [2.24, 2.45) is 0 Å². The minimum Gasteiger partial charge on any atom is -0.325 e. The van der Waals surface area contributed by atoms with Crippen molar-refractivity contribution in [3.8, 4) is 0 Å². The van der Waals surface area contributed by atoms with Crippen LogP contribution in [-0.4, -0.2) is 36.6 Å². The number of nitrogens with one attached hydrogen (secondary N) is 1. The zero-order valence-corrected chi connectivity index (χ0v) is 19.2. The number of carbonyl (C=O) groups is 3. The third-order valence-electron chi connectivity index (χ3n) is 5.39. The van der Waals surface area contributed by atoms with E-state index >= 15 is 0 Å². The molecule has 0 atom stereocenters. The minimum absolute atomic E-state index is 0.0145. The number of para-hydroxylation sites is 2. The molecule has 0 radical (unpaired) electrons. The predicted molar refractivity (Wildman–Crippen MR) is 133 cm³/mol. The summed E-state index contributed by atoms with van der Waals surface area (Å²) in [5.41, 5.74) is 3.13. The van der Waals surface area contributed by atoms with Gasteiger partial charge in [-0.15, -0.1) is 11.8 Å². The number of benzene rings is 3. The summed E-state index contributed by atoms with van der Waals surface area (Å²) in [6.07, 6.45) is 0.272. The van der Waals surface area contributed by atoms with Crippen LogP contribution in [0.25, 0.3) is 0 Å². The highest BCUT2D eigenvalue weighted by Gasteiger charge is 2.26. The van der Waals surface area contributed by atoms with Gasteiger partial charge in [0.1, 0.15) is 6.54 Å². The van der Waals surface area contributed by atoms with Gasteiger partial charge in [-0.2, -0.15) is 0 Å². The van der Waals surface area contributed by atoms with Crippen molar-refractivity contribution >= 4 is 46.5 Å². The Balaban J connectivity index is 1.36. The highest BCUT2D eigenvalue weighted by atomic mass is 32.2. The standard InChI is InChI=1S/C26H25N3O3S/c1-2-28(21-8-4-3-5-9-21)25(31)16-19-12-14-20(15-13-19)27-24(30)17-29-22-10-6-7-11-23(22)33-18-26(29)32/h3-15H,2,16-18H2,1H3,(H,27,30). The molecule has 168 valence electrons. The molecule has 7 heteroatoms. The molecule has 3 aromatic rings. The van der Waals surface area contributed by atoms with Gasteiger partial charge in [0.05, 0.1) is 17.9 Å². The Labute approximate surface area is 197 Å². The Bertz CT molecular complexity index is 1150. The number of thioether (sulfide) groups is 1. The number of carbonyl (C=O) groups excluding carboxylic acids is 3. The minimum atomic E-state index is -0.268. The van der Waals surface area contributed by atoms with E-state index in [9.17, 15) is 14.4 Å². The van der Waals surface area contributed by atoms with Crippen molar-refractivity contribution in [2.75, 3.05) is 34.0 Å². The Hall–Kier alpha value is -3.58. The zero-order valence-electron chi connectivity index (χ0n) is 18.4. The third kappa shape index (κ3) is 5.43. The first-order valence-corrected chi connectivity index (χ1v) is 11.8. The number of hydrogen-bond acceptors (Lipinski definition) is 4. The summed E-state index contributed by atoms with van der Waals surface area (Å²) in [6, 6.07) is 24.4. The van der Waals surface area contributed by atoms with Crippen LogP contribution in [0.5, 0.6) is 0 Å². The van der Waals surface area contributed by atoms with Crippen LogP contribution in [-0.2, 0) is 20.8 Å². The van der Waals surface area contributed by atoms with E-state index in [-0.39, 0.29) is 30.7 Å². The molecular formula is C26H25N3O3S. The smallest absolute Gasteiger partial charge is 0.244 e. The number of likely N-dealkylation sites (N-methyl/N-ethyl adjacent to an activating group) is 1. The zero-order chi connectivity index (χ0) is 23.2. The molecule has 1 heterocycles. The highest BCUT2D eigenvalue weighted by Crippen LogP contribution is 2.34. The molecule has 0 saturated heterocycles. The summed E-state index contributed by atoms with van der Waals surface area (Å²) in [5, 5.41) is 2.85. The van der Waals surface area contributed by atoms with Crippen molar-refractivity contribution in [2.45, 2.75) is 18.2 Å². The van der Waals surface area contributed by atoms with Crippen molar-refractivity contribution in [1.82, 2.24) is 0 Å². The van der Waals surface area contributed by atoms with Gasteiger partial charge < -0.3 is 15.1 Å². The van der Waals surface area contributed by atoms with Crippen LogP contribution in [0.15, 0.2) is 83.8 Å². The average Bonchev–Trinajstić information content (AvgIpc) is 2.83. The second kappa shape index (κ2) is 10.4. The van der Waals surface area contributed by atoms with Crippen molar-refractivity contribution in [3.63, 3.8) is 0 Å². The SMILES string of the molecule is CCN(C(=O)Cc1ccc(NC(=O)CN2C(=O)CSc3ccccc32)cc1)c1ccccc1. The lowest BCUT2D eigenvalue weighted by Crippen LogP contribution is -2.41. The van der Waals surface area contributed by atoms with E-state index in [2.05, 4.69) is 5.32 Å². The summed E-state index contributed by atoms with van der Waals surface area (Å²) in [4.78, 5) is 42.0. The molecule has 6 nitrogen and oxygen atoms in total. The lowest BCUT2D eigenvalue weighted by Gasteiger charge is -2.28. The fourth-order valence-electron chi connectivity index (χ4n) is 3.76. The van der Waals surface area contributed by atoms with Crippen molar-refractivity contribution < 1.29 is 14.4 Å². The van der Waals surface area contributed by atoms with E-state index in [1.807, 2.05) is 73.7 Å². The molecule has 0 aromatic heterocycles. The first-order chi connectivity index (χ1) is 16.0. The number of hydrogen-bond donors (Lipinski definition) is 1. The van der Waals surface area contributed by atoms with E-state index in [0.29, 0.717) is 18.0 Å². The normalized spacial score (nSPS) is 12.8. The third-order valence-corrected chi connectivity index (χ3v) is 6.44. The summed E-state index contributed by atoms with van der Waals surface area (Å²) in [6.45, 7) is 2.50. The molecule has 33 heavy (non-hydrogen) atoms. The van der Waals surface area contributed by atoms with Gasteiger partial charge in [0.2, 0.25) is 17.7 Å². The fourth-order valence-corrected chi connectivity index (χ4v) is 4.69. The molecule has 3 aromatic carbocycles. The Morgan fingerprint density at radius 1 is 0.970 bits per heavy atom. The van der Waals surface area contributed by atoms with Crippen molar-refractivity contribution in [3.05, 3.63) is 84.4 Å². The molecule has 3 amide bonds. The van der Waals surface area contributed by atoms with E-state index < -0.39 is 0 Å². The van der Waals surface area contributed by atoms with Crippen LogP contribution in [0.1, 0.15) is 12.5 Å². The molecular weight excluding hydrogens is 434 g/mol. The molecule has 1 aliphatic rings. The Morgan fingerprint density at radius 2 is 1.67 bits per heavy atom. The van der Waals surface area contributed by atoms with Crippen LogP contribution in [0.4, 0.5) is 17.1 Å². The van der Waals surface area contributed by atoms with Gasteiger partial charge in [-0.3, -0.25) is 14.4 Å². The maximum Gasteiger partial charge on any atom is 0.244 e. The molecule has 0 unspecified atom stereocenters. The second-order valence-corrected chi connectivity index (χ2v) is 8.65. The fraction of sp³-hybridized carbons (Fsp3) is 0.192. The lowest BCUT2D eigenvalue weighted by atomic mass is 10.1. The van der Waals surface area contributed by atoms with Crippen LogP contribution >= 0.6 is 11.8 Å². The molecule has 0 aliphatic carbocycles. The largest absolute Gasteiger partial charge is 0.325 e. The monoisotopic (exact) mass is 459 g/mol. The van der Waals surface area contributed by atoms with E-state index in [4.69, 9.17) is 0 Å². The number of fused-ring (bicyclic) bond motifs is 1. The van der Waals surface area contributed by atoms with Crippen LogP contribution in [0.2, 0.25) is 0 Å². The Kier molecular flexibility index (Phi) is 7.10. The van der Waals surface area contributed by atoms with Gasteiger partial charge in [0.15, 0.2) is 0 Å². The first-order valence-electron chi connectivity index (χ1n) is 10.8. The summed E-state index contributed by atoms with van der Waals surface area (Å²) in [5.74, 6) is -0.0116. The average molecular weight is 460 g/mol. The van der Waals surface area contributed by atoms with Gasteiger partial charge in [0, 0.05) is 22.8 Å². The maximum atomic E-state index is 12.8. The number of anilines is 3. The Morgan fingerprint density at radius 3 is 2.39 bits per heavy atom. The van der Waals surface area contributed by atoms with Gasteiger partial charge in [-0.25, -0.2) is 0 Å². The number of rotatable bonds is 7. The number of nitrogens with zero attached hydrogens (tertiary/aromatic N) is 2. The van der Waals surface area contributed by atoms with Gasteiger partial charge in [-0.05, 0) is 48.9 Å². The number of amides is 3. The predicted octanol–water partition coefficient (Wildman–Crippen LogP) is 4.36. The second-order valence-electron chi connectivity index (χ2n) is 7.63. The molecule has 1 aliphatic heterocycles. The van der Waals surface area contributed by atoms with E-state index in [1.165, 1.54) is 16.7 Å². The quantitative estimate of drug-likeness (QED) is 0.570. The van der Waals surface area contributed by atoms with Crippen LogP contribution < -0.4 is 15.1 Å². The lowest BCUT2D eigenvalue weighted by molar-refractivity contribution is -0.120. The summed E-state index contributed by atoms with van der Waals surface area (Å²) >= 11 is 1.49. The summed E-state index contributed by atoms with van der Waals surface area (Å²) in [7, 11) is 0. The molecule has 0 saturated carbocycles. The molecule has 0 bridgehead atoms.